The predicted molar refractivity (Wildman–Crippen MR) is 116 cm³/mol. The fourth-order valence-corrected chi connectivity index (χ4v) is 4.09. The molecule has 0 aliphatic heterocycles. The molecule has 0 aliphatic carbocycles. The van der Waals surface area contributed by atoms with E-state index in [-0.39, 0.29) is 15.7 Å². The summed E-state index contributed by atoms with van der Waals surface area (Å²) in [5.74, 6) is -0.532. The summed E-state index contributed by atoms with van der Waals surface area (Å²) in [6, 6.07) is 3.57. The minimum absolute atomic E-state index is 0.263. The molecule has 0 fully saturated rings. The van der Waals surface area contributed by atoms with Crippen LogP contribution in [0.15, 0.2) is 24.4 Å². The van der Waals surface area contributed by atoms with Crippen LogP contribution in [0.4, 0.5) is 14.3 Å². The van der Waals surface area contributed by atoms with Gasteiger partial charge in [0.15, 0.2) is 5.13 Å². The molecule has 0 spiro atoms. The van der Waals surface area contributed by atoms with Crippen molar-refractivity contribution in [2.45, 2.75) is 57.9 Å². The number of rotatable bonds is 5. The zero-order chi connectivity index (χ0) is 22.0. The molecule has 1 heterocycles. The smallest absolute Gasteiger partial charge is 0.413 e. The standard InChI is InChI=1S/C19H25ClFN3O3S2/c1-18(2,3)27-17(25)23-16-22-10-14(28-16)15(24-29(26)19(4,5)6)12-8-7-11(20)9-13(12)21/h7-10,15,24H,1-6H3,(H,22,23,25). The minimum Gasteiger partial charge on any atom is -0.444 e. The molecule has 1 amide bonds. The maximum Gasteiger partial charge on any atom is 0.413 e. The lowest BCUT2D eigenvalue weighted by Gasteiger charge is -2.24. The third-order valence-electron chi connectivity index (χ3n) is 3.47. The number of benzene rings is 1. The van der Waals surface area contributed by atoms with Gasteiger partial charge < -0.3 is 4.74 Å². The Balaban J connectivity index is 2.33. The summed E-state index contributed by atoms with van der Waals surface area (Å²) in [6.07, 6.45) is 0.863. The Labute approximate surface area is 181 Å². The van der Waals surface area contributed by atoms with Gasteiger partial charge in [-0.05, 0) is 53.7 Å². The molecule has 2 rings (SSSR count). The zero-order valence-electron chi connectivity index (χ0n) is 17.1. The van der Waals surface area contributed by atoms with Crippen molar-refractivity contribution in [2.24, 2.45) is 0 Å². The number of anilines is 1. The number of nitrogens with one attached hydrogen (secondary N) is 2. The molecule has 0 aliphatic rings. The van der Waals surface area contributed by atoms with Crippen LogP contribution >= 0.6 is 22.9 Å². The van der Waals surface area contributed by atoms with E-state index in [2.05, 4.69) is 15.0 Å². The first-order valence-electron chi connectivity index (χ1n) is 8.85. The van der Waals surface area contributed by atoms with Crippen molar-refractivity contribution in [2.75, 3.05) is 5.32 Å². The molecule has 0 radical (unpaired) electrons. The van der Waals surface area contributed by atoms with E-state index in [1.54, 1.807) is 26.8 Å². The van der Waals surface area contributed by atoms with E-state index >= 15 is 0 Å². The Morgan fingerprint density at radius 3 is 2.48 bits per heavy atom. The highest BCUT2D eigenvalue weighted by molar-refractivity contribution is 7.84. The van der Waals surface area contributed by atoms with Gasteiger partial charge in [0.25, 0.3) is 0 Å². The lowest BCUT2D eigenvalue weighted by Crippen LogP contribution is -2.36. The zero-order valence-corrected chi connectivity index (χ0v) is 19.5. The second-order valence-electron chi connectivity index (χ2n) is 8.29. The molecule has 2 N–H and O–H groups in total. The minimum atomic E-state index is -1.48. The highest BCUT2D eigenvalue weighted by atomic mass is 35.5. The molecule has 0 bridgehead atoms. The van der Waals surface area contributed by atoms with Crippen molar-refractivity contribution in [1.29, 1.82) is 0 Å². The lowest BCUT2D eigenvalue weighted by molar-refractivity contribution is 0.0636. The molecule has 10 heteroatoms. The number of thiazole rings is 1. The third-order valence-corrected chi connectivity index (χ3v) is 6.25. The van der Waals surface area contributed by atoms with E-state index in [4.69, 9.17) is 16.3 Å². The number of hydrogen-bond acceptors (Lipinski definition) is 5. The second-order valence-corrected chi connectivity index (χ2v) is 11.8. The maximum absolute atomic E-state index is 14.6. The van der Waals surface area contributed by atoms with Crippen LogP contribution in [-0.2, 0) is 15.7 Å². The molecule has 29 heavy (non-hydrogen) atoms. The van der Waals surface area contributed by atoms with Crippen LogP contribution in [0.2, 0.25) is 5.02 Å². The van der Waals surface area contributed by atoms with Crippen molar-refractivity contribution < 1.29 is 18.1 Å². The van der Waals surface area contributed by atoms with Gasteiger partial charge in [-0.15, -0.1) is 0 Å². The number of ether oxygens (including phenoxy) is 1. The maximum atomic E-state index is 14.6. The first-order chi connectivity index (χ1) is 13.3. The number of amides is 1. The van der Waals surface area contributed by atoms with Gasteiger partial charge in [0.1, 0.15) is 11.4 Å². The van der Waals surface area contributed by atoms with Crippen molar-refractivity contribution in [3.63, 3.8) is 0 Å². The van der Waals surface area contributed by atoms with Gasteiger partial charge in [0, 0.05) is 21.7 Å². The quantitative estimate of drug-likeness (QED) is 0.622. The van der Waals surface area contributed by atoms with E-state index < -0.39 is 39.3 Å². The summed E-state index contributed by atoms with van der Waals surface area (Å²) in [6.45, 7) is 10.7. The number of aromatic nitrogens is 1. The molecular formula is C19H25ClFN3O3S2. The van der Waals surface area contributed by atoms with Crippen molar-refractivity contribution in [3.05, 3.63) is 45.7 Å². The van der Waals surface area contributed by atoms with Crippen molar-refractivity contribution in [1.82, 2.24) is 9.71 Å². The van der Waals surface area contributed by atoms with Crippen LogP contribution in [0, 0.1) is 5.82 Å². The van der Waals surface area contributed by atoms with Crippen LogP contribution in [-0.4, -0.2) is 25.6 Å². The van der Waals surface area contributed by atoms with E-state index in [1.165, 1.54) is 18.3 Å². The first-order valence-corrected chi connectivity index (χ1v) is 11.2. The van der Waals surface area contributed by atoms with Crippen LogP contribution in [0.5, 0.6) is 0 Å². The summed E-state index contributed by atoms with van der Waals surface area (Å²) >= 11 is 7.00. The average molecular weight is 462 g/mol. The molecule has 2 aromatic rings. The summed E-state index contributed by atoms with van der Waals surface area (Å²) in [7, 11) is -1.48. The molecule has 2 unspecified atom stereocenters. The SMILES string of the molecule is CC(C)(C)OC(=O)Nc1ncc(C(NS(=O)C(C)(C)C)c2ccc(Cl)cc2F)s1. The Hall–Kier alpha value is -1.55. The van der Waals surface area contributed by atoms with Crippen LogP contribution in [0.1, 0.15) is 58.0 Å². The summed E-state index contributed by atoms with van der Waals surface area (Å²) in [5.41, 5.74) is -0.371. The molecule has 0 saturated heterocycles. The predicted octanol–water partition coefficient (Wildman–Crippen LogP) is 5.42. The topological polar surface area (TPSA) is 80.3 Å². The normalized spacial score (nSPS) is 14.3. The Kier molecular flexibility index (Phi) is 7.42. The summed E-state index contributed by atoms with van der Waals surface area (Å²) in [4.78, 5) is 16.7. The fraction of sp³-hybridized carbons (Fsp3) is 0.474. The van der Waals surface area contributed by atoms with Gasteiger partial charge >= 0.3 is 6.09 Å². The van der Waals surface area contributed by atoms with E-state index in [1.807, 2.05) is 20.8 Å². The lowest BCUT2D eigenvalue weighted by atomic mass is 10.1. The first kappa shape index (κ1) is 23.7. The highest BCUT2D eigenvalue weighted by Gasteiger charge is 2.28. The van der Waals surface area contributed by atoms with Gasteiger partial charge in [0.05, 0.1) is 21.8 Å². The Bertz CT molecular complexity index is 907. The van der Waals surface area contributed by atoms with Crippen molar-refractivity contribution >= 4 is 45.1 Å². The third kappa shape index (κ3) is 7.02. The Morgan fingerprint density at radius 2 is 1.93 bits per heavy atom. The van der Waals surface area contributed by atoms with Crippen LogP contribution in [0.25, 0.3) is 0 Å². The monoisotopic (exact) mass is 461 g/mol. The number of hydrogen-bond donors (Lipinski definition) is 2. The molecule has 2 atom stereocenters. The van der Waals surface area contributed by atoms with E-state index in [0.717, 1.165) is 11.3 Å². The Morgan fingerprint density at radius 1 is 1.28 bits per heavy atom. The van der Waals surface area contributed by atoms with Crippen LogP contribution in [0.3, 0.4) is 0 Å². The summed E-state index contributed by atoms with van der Waals surface area (Å²) < 4.78 is 34.9. The van der Waals surface area contributed by atoms with Gasteiger partial charge in [-0.25, -0.2) is 23.1 Å². The van der Waals surface area contributed by atoms with Gasteiger partial charge in [-0.2, -0.15) is 0 Å². The number of carbonyl (C=O) groups excluding carboxylic acids is 1. The largest absolute Gasteiger partial charge is 0.444 e. The van der Waals surface area contributed by atoms with Gasteiger partial charge in [-0.3, -0.25) is 5.32 Å². The average Bonchev–Trinajstić information content (AvgIpc) is 2.98. The van der Waals surface area contributed by atoms with E-state index in [0.29, 0.717) is 4.88 Å². The summed E-state index contributed by atoms with van der Waals surface area (Å²) in [5, 5.41) is 3.11. The number of halogens is 2. The molecule has 160 valence electrons. The molecule has 1 aromatic carbocycles. The number of nitrogens with zero attached hydrogens (tertiary/aromatic N) is 1. The molecule has 6 nitrogen and oxygen atoms in total. The highest BCUT2D eigenvalue weighted by Crippen LogP contribution is 2.33. The van der Waals surface area contributed by atoms with Gasteiger partial charge in [-0.1, -0.05) is 29.0 Å². The molecule has 0 saturated carbocycles. The van der Waals surface area contributed by atoms with Crippen molar-refractivity contribution in [3.8, 4) is 0 Å². The van der Waals surface area contributed by atoms with Gasteiger partial charge in [0.2, 0.25) is 0 Å². The second kappa shape index (κ2) is 9.07. The van der Waals surface area contributed by atoms with Crippen LogP contribution < -0.4 is 10.0 Å². The molecular weight excluding hydrogens is 437 g/mol. The number of carbonyl (C=O) groups is 1. The van der Waals surface area contributed by atoms with E-state index in [9.17, 15) is 13.4 Å². The molecule has 1 aromatic heterocycles. The fourth-order valence-electron chi connectivity index (χ4n) is 2.16.